The minimum Gasteiger partial charge on any atom is -0.497 e. The van der Waals surface area contributed by atoms with Gasteiger partial charge in [-0.3, -0.25) is 0 Å². The highest BCUT2D eigenvalue weighted by Crippen LogP contribution is 2.18. The lowest BCUT2D eigenvalue weighted by Crippen LogP contribution is -2.29. The van der Waals surface area contributed by atoms with E-state index in [-0.39, 0.29) is 12.1 Å². The van der Waals surface area contributed by atoms with Crippen LogP contribution in [0.2, 0.25) is 0 Å². The van der Waals surface area contributed by atoms with Gasteiger partial charge >= 0.3 is 0 Å². The lowest BCUT2D eigenvalue weighted by atomic mass is 10.1. The molecule has 2 aromatic carbocycles. The van der Waals surface area contributed by atoms with Gasteiger partial charge in [0, 0.05) is 12.6 Å². The number of nitrogens with two attached hydrogens (primary N) is 1. The normalized spacial score (nSPS) is 12.2. The number of ether oxygens (including phenoxy) is 2. The molecule has 0 aromatic heterocycles. The summed E-state index contributed by atoms with van der Waals surface area (Å²) >= 11 is 0. The average Bonchev–Trinajstić information content (AvgIpc) is 2.60. The summed E-state index contributed by atoms with van der Waals surface area (Å²) in [6.45, 7) is 5.49. The molecule has 0 spiro atoms. The van der Waals surface area contributed by atoms with Crippen LogP contribution in [0.5, 0.6) is 11.5 Å². The zero-order valence-corrected chi connectivity index (χ0v) is 14.8. The third-order valence-electron chi connectivity index (χ3n) is 3.85. The summed E-state index contributed by atoms with van der Waals surface area (Å²) in [4.78, 5) is 0. The third kappa shape index (κ3) is 5.55. The van der Waals surface area contributed by atoms with Gasteiger partial charge in [-0.15, -0.1) is 0 Å². The maximum Gasteiger partial charge on any atom is 0.119 e. The summed E-state index contributed by atoms with van der Waals surface area (Å²) in [6, 6.07) is 16.5. The molecule has 0 bridgehead atoms. The monoisotopic (exact) mass is 328 g/mol. The van der Waals surface area contributed by atoms with E-state index in [0.29, 0.717) is 6.54 Å². The molecule has 0 aliphatic heterocycles. The topological polar surface area (TPSA) is 56.5 Å². The van der Waals surface area contributed by atoms with Crippen molar-refractivity contribution in [3.05, 3.63) is 59.7 Å². The molecular weight excluding hydrogens is 300 g/mol. The SMILES string of the molecule is COc1ccc(CCNC(CN)c2ccc(OC(C)C)cc2)cc1. The van der Waals surface area contributed by atoms with Crippen molar-refractivity contribution in [2.24, 2.45) is 5.73 Å². The Morgan fingerprint density at radius 1 is 0.958 bits per heavy atom. The van der Waals surface area contributed by atoms with E-state index >= 15 is 0 Å². The summed E-state index contributed by atoms with van der Waals surface area (Å²) in [5.74, 6) is 1.78. The second-order valence-corrected chi connectivity index (χ2v) is 6.08. The second-order valence-electron chi connectivity index (χ2n) is 6.08. The van der Waals surface area contributed by atoms with Gasteiger partial charge in [0.15, 0.2) is 0 Å². The molecule has 1 atom stereocenters. The molecule has 0 heterocycles. The second kappa shape index (κ2) is 9.30. The lowest BCUT2D eigenvalue weighted by Gasteiger charge is -2.18. The zero-order valence-electron chi connectivity index (χ0n) is 14.8. The van der Waals surface area contributed by atoms with Crippen LogP contribution < -0.4 is 20.5 Å². The minimum atomic E-state index is 0.149. The Hall–Kier alpha value is -2.04. The highest BCUT2D eigenvalue weighted by Gasteiger charge is 2.09. The molecule has 0 saturated heterocycles. The standard InChI is InChI=1S/C20H28N2O2/c1-15(2)24-19-10-6-17(7-11-19)20(14-21)22-13-12-16-4-8-18(23-3)9-5-16/h4-11,15,20,22H,12-14,21H2,1-3H3. The summed E-state index contributed by atoms with van der Waals surface area (Å²) in [5, 5.41) is 3.53. The van der Waals surface area contributed by atoms with Crippen LogP contribution in [-0.4, -0.2) is 26.3 Å². The van der Waals surface area contributed by atoms with Crippen LogP contribution in [0.3, 0.4) is 0 Å². The van der Waals surface area contributed by atoms with Crippen molar-refractivity contribution < 1.29 is 9.47 Å². The Kier molecular flexibility index (Phi) is 7.09. The van der Waals surface area contributed by atoms with E-state index in [1.54, 1.807) is 7.11 Å². The third-order valence-corrected chi connectivity index (χ3v) is 3.85. The first-order valence-corrected chi connectivity index (χ1v) is 8.45. The summed E-state index contributed by atoms with van der Waals surface area (Å²) in [7, 11) is 1.68. The molecule has 0 amide bonds. The lowest BCUT2D eigenvalue weighted by molar-refractivity contribution is 0.242. The first-order valence-electron chi connectivity index (χ1n) is 8.45. The number of hydrogen-bond acceptors (Lipinski definition) is 4. The molecule has 130 valence electrons. The van der Waals surface area contributed by atoms with Gasteiger partial charge in [0.25, 0.3) is 0 Å². The maximum atomic E-state index is 5.93. The van der Waals surface area contributed by atoms with Gasteiger partial charge in [0.2, 0.25) is 0 Å². The predicted octanol–water partition coefficient (Wildman–Crippen LogP) is 3.31. The van der Waals surface area contributed by atoms with Crippen LogP contribution in [0.25, 0.3) is 0 Å². The van der Waals surface area contributed by atoms with E-state index < -0.39 is 0 Å². The van der Waals surface area contributed by atoms with Crippen LogP contribution in [0, 0.1) is 0 Å². The number of hydrogen-bond donors (Lipinski definition) is 2. The van der Waals surface area contributed by atoms with Crippen molar-refractivity contribution in [3.63, 3.8) is 0 Å². The molecule has 0 radical (unpaired) electrons. The van der Waals surface area contributed by atoms with Crippen molar-refractivity contribution in [2.45, 2.75) is 32.4 Å². The fourth-order valence-corrected chi connectivity index (χ4v) is 2.57. The molecular formula is C20H28N2O2. The van der Waals surface area contributed by atoms with Gasteiger partial charge < -0.3 is 20.5 Å². The van der Waals surface area contributed by atoms with Crippen molar-refractivity contribution in [2.75, 3.05) is 20.2 Å². The van der Waals surface area contributed by atoms with E-state index in [4.69, 9.17) is 15.2 Å². The zero-order chi connectivity index (χ0) is 17.4. The Morgan fingerprint density at radius 3 is 2.12 bits per heavy atom. The van der Waals surface area contributed by atoms with Crippen molar-refractivity contribution in [3.8, 4) is 11.5 Å². The highest BCUT2D eigenvalue weighted by atomic mass is 16.5. The smallest absolute Gasteiger partial charge is 0.119 e. The van der Waals surface area contributed by atoms with Crippen LogP contribution in [0.1, 0.15) is 31.0 Å². The number of methoxy groups -OCH3 is 1. The largest absolute Gasteiger partial charge is 0.497 e. The highest BCUT2D eigenvalue weighted by molar-refractivity contribution is 5.30. The number of benzene rings is 2. The summed E-state index contributed by atoms with van der Waals surface area (Å²) in [6.07, 6.45) is 1.14. The van der Waals surface area contributed by atoms with Crippen LogP contribution >= 0.6 is 0 Å². The van der Waals surface area contributed by atoms with Crippen LogP contribution in [0.4, 0.5) is 0 Å². The van der Waals surface area contributed by atoms with E-state index in [9.17, 15) is 0 Å². The summed E-state index contributed by atoms with van der Waals surface area (Å²) in [5.41, 5.74) is 8.39. The Labute approximate surface area is 145 Å². The van der Waals surface area contributed by atoms with E-state index in [2.05, 4.69) is 29.6 Å². The first-order chi connectivity index (χ1) is 11.6. The van der Waals surface area contributed by atoms with Gasteiger partial charge in [0.05, 0.1) is 13.2 Å². The van der Waals surface area contributed by atoms with Gasteiger partial charge in [-0.25, -0.2) is 0 Å². The fraction of sp³-hybridized carbons (Fsp3) is 0.400. The van der Waals surface area contributed by atoms with E-state index in [1.165, 1.54) is 11.1 Å². The Morgan fingerprint density at radius 2 is 1.58 bits per heavy atom. The molecule has 2 aromatic rings. The molecule has 4 nitrogen and oxygen atoms in total. The number of rotatable bonds is 9. The van der Waals surface area contributed by atoms with Gasteiger partial charge in [0.1, 0.15) is 11.5 Å². The first kappa shape index (κ1) is 18.3. The van der Waals surface area contributed by atoms with E-state index in [1.807, 2.05) is 38.1 Å². The maximum absolute atomic E-state index is 5.93. The molecule has 4 heteroatoms. The Bertz CT molecular complexity index is 594. The molecule has 0 fully saturated rings. The predicted molar refractivity (Wildman–Crippen MR) is 98.7 cm³/mol. The molecule has 0 aliphatic rings. The molecule has 0 aliphatic carbocycles. The van der Waals surface area contributed by atoms with Gasteiger partial charge in [-0.2, -0.15) is 0 Å². The fourth-order valence-electron chi connectivity index (χ4n) is 2.57. The Balaban J connectivity index is 1.86. The van der Waals surface area contributed by atoms with Crippen molar-refractivity contribution in [1.82, 2.24) is 5.32 Å². The van der Waals surface area contributed by atoms with Crippen LogP contribution in [0.15, 0.2) is 48.5 Å². The molecule has 1 unspecified atom stereocenters. The molecule has 24 heavy (non-hydrogen) atoms. The summed E-state index contributed by atoms with van der Waals surface area (Å²) < 4.78 is 10.9. The van der Waals surface area contributed by atoms with Crippen molar-refractivity contribution in [1.29, 1.82) is 0 Å². The molecule has 2 rings (SSSR count). The number of nitrogens with one attached hydrogen (secondary N) is 1. The van der Waals surface area contributed by atoms with E-state index in [0.717, 1.165) is 24.5 Å². The quantitative estimate of drug-likeness (QED) is 0.741. The van der Waals surface area contributed by atoms with Crippen molar-refractivity contribution >= 4 is 0 Å². The molecule has 0 saturated carbocycles. The molecule has 3 N–H and O–H groups in total. The van der Waals surface area contributed by atoms with Gasteiger partial charge in [-0.05, 0) is 62.2 Å². The average molecular weight is 328 g/mol. The minimum absolute atomic E-state index is 0.149. The van der Waals surface area contributed by atoms with Gasteiger partial charge in [-0.1, -0.05) is 24.3 Å². The van der Waals surface area contributed by atoms with Crippen LogP contribution in [-0.2, 0) is 6.42 Å².